The Kier molecular flexibility index (Phi) is 3.07. The van der Waals surface area contributed by atoms with Crippen LogP contribution in [0.15, 0.2) is 78.0 Å². The topological polar surface area (TPSA) is 53.9 Å². The number of hydrogen-bond donors (Lipinski definition) is 1. The van der Waals surface area contributed by atoms with E-state index in [0.717, 1.165) is 38.7 Å². The van der Waals surface area contributed by atoms with Crippen molar-refractivity contribution in [2.45, 2.75) is 0 Å². The van der Waals surface area contributed by atoms with E-state index in [-0.39, 0.29) is 0 Å². The van der Waals surface area contributed by atoms with Crippen molar-refractivity contribution in [1.29, 1.82) is 0 Å². The van der Waals surface area contributed by atoms with Crippen molar-refractivity contribution in [2.24, 2.45) is 4.99 Å². The lowest BCUT2D eigenvalue weighted by Crippen LogP contribution is -1.84. The lowest BCUT2D eigenvalue weighted by molar-refractivity contribution is 1.30. The highest BCUT2D eigenvalue weighted by atomic mass is 14.8. The number of aromatic nitrogens is 3. The summed E-state index contributed by atoms with van der Waals surface area (Å²) in [5.41, 5.74) is 4.89. The molecule has 1 N–H and O–H groups in total. The summed E-state index contributed by atoms with van der Waals surface area (Å²) in [6.45, 7) is 0. The van der Waals surface area contributed by atoms with Crippen LogP contribution in [0.5, 0.6) is 0 Å². The summed E-state index contributed by atoms with van der Waals surface area (Å²) >= 11 is 0. The van der Waals surface area contributed by atoms with Crippen LogP contribution >= 0.6 is 0 Å². The minimum absolute atomic E-state index is 0.838. The summed E-state index contributed by atoms with van der Waals surface area (Å²) in [7, 11) is 0. The van der Waals surface area contributed by atoms with E-state index in [9.17, 15) is 0 Å². The Bertz CT molecular complexity index is 1240. The molecule has 0 radical (unpaired) electrons. The molecule has 4 heteroatoms. The maximum absolute atomic E-state index is 4.61. The molecular formula is C21H14N4. The number of H-pyrrole nitrogens is 1. The number of rotatable bonds is 2. The summed E-state index contributed by atoms with van der Waals surface area (Å²) in [5, 5.41) is 3.40. The monoisotopic (exact) mass is 322 g/mol. The molecule has 0 atom stereocenters. The van der Waals surface area contributed by atoms with E-state index < -0.39 is 0 Å². The second-order valence-electron chi connectivity index (χ2n) is 5.93. The highest BCUT2D eigenvalue weighted by molar-refractivity contribution is 6.16. The number of aliphatic imine (C=N–C) groups is 1. The first kappa shape index (κ1) is 13.9. The van der Waals surface area contributed by atoms with Gasteiger partial charge in [-0.05, 0) is 36.4 Å². The Morgan fingerprint density at radius 2 is 1.76 bits per heavy atom. The van der Waals surface area contributed by atoms with Gasteiger partial charge in [-0.3, -0.25) is 15.0 Å². The number of fused-ring (bicyclic) bond motifs is 5. The van der Waals surface area contributed by atoms with Gasteiger partial charge in [0.15, 0.2) is 0 Å². The van der Waals surface area contributed by atoms with Gasteiger partial charge in [-0.25, -0.2) is 0 Å². The molecular weight excluding hydrogens is 308 g/mol. The molecule has 0 aliphatic heterocycles. The zero-order chi connectivity index (χ0) is 16.6. The molecule has 0 amide bonds. The first-order chi connectivity index (χ1) is 12.4. The summed E-state index contributed by atoms with van der Waals surface area (Å²) in [4.78, 5) is 16.9. The molecule has 4 nitrogen and oxygen atoms in total. The third-order valence-electron chi connectivity index (χ3n) is 4.36. The van der Waals surface area contributed by atoms with Crippen molar-refractivity contribution in [3.05, 3.63) is 78.8 Å². The quantitative estimate of drug-likeness (QED) is 0.464. The van der Waals surface area contributed by atoms with Crippen molar-refractivity contribution in [2.75, 3.05) is 0 Å². The molecule has 5 rings (SSSR count). The van der Waals surface area contributed by atoms with Crippen molar-refractivity contribution in [3.63, 3.8) is 0 Å². The molecule has 2 aromatic carbocycles. The zero-order valence-corrected chi connectivity index (χ0v) is 13.3. The fraction of sp³-hybridized carbons (Fsp3) is 0. The van der Waals surface area contributed by atoms with Crippen LogP contribution in [0.1, 0.15) is 5.69 Å². The summed E-state index contributed by atoms with van der Waals surface area (Å²) in [6.07, 6.45) is 5.48. The molecule has 3 heterocycles. The second-order valence-corrected chi connectivity index (χ2v) is 5.93. The van der Waals surface area contributed by atoms with Crippen molar-refractivity contribution in [1.82, 2.24) is 15.0 Å². The van der Waals surface area contributed by atoms with E-state index in [2.05, 4.69) is 38.1 Å². The Labute approximate surface area is 143 Å². The van der Waals surface area contributed by atoms with Crippen LogP contribution in [-0.4, -0.2) is 21.2 Å². The van der Waals surface area contributed by atoms with Gasteiger partial charge in [-0.2, -0.15) is 0 Å². The van der Waals surface area contributed by atoms with Crippen LogP contribution in [0.2, 0.25) is 0 Å². The normalized spacial score (nSPS) is 11.8. The largest absolute Gasteiger partial charge is 0.354 e. The standard InChI is InChI=1S/C21H14N4/c1-2-7-20-16(6-1)18-13-24-19-9-8-14(11-17(19)21(18)25-20)23-12-15-5-3-4-10-22-15/h1-13,25H. The van der Waals surface area contributed by atoms with E-state index in [1.807, 2.05) is 48.7 Å². The third-order valence-corrected chi connectivity index (χ3v) is 4.36. The summed E-state index contributed by atoms with van der Waals surface area (Å²) in [6, 6.07) is 20.1. The van der Waals surface area contributed by atoms with Gasteiger partial charge in [0.05, 0.1) is 28.6 Å². The van der Waals surface area contributed by atoms with E-state index in [4.69, 9.17) is 0 Å². The molecule has 0 aliphatic carbocycles. The summed E-state index contributed by atoms with van der Waals surface area (Å²) < 4.78 is 0. The van der Waals surface area contributed by atoms with E-state index in [1.54, 1.807) is 12.4 Å². The smallest absolute Gasteiger partial charge is 0.0812 e. The fourth-order valence-electron chi connectivity index (χ4n) is 3.15. The predicted molar refractivity (Wildman–Crippen MR) is 103 cm³/mol. The highest BCUT2D eigenvalue weighted by Crippen LogP contribution is 2.31. The maximum Gasteiger partial charge on any atom is 0.0812 e. The molecule has 0 saturated heterocycles. The first-order valence-electron chi connectivity index (χ1n) is 8.13. The molecule has 0 spiro atoms. The van der Waals surface area contributed by atoms with Crippen molar-refractivity contribution >= 4 is 44.6 Å². The number of benzene rings is 2. The van der Waals surface area contributed by atoms with Crippen molar-refractivity contribution < 1.29 is 0 Å². The summed E-state index contributed by atoms with van der Waals surface area (Å²) in [5.74, 6) is 0. The van der Waals surface area contributed by atoms with E-state index in [1.165, 1.54) is 5.39 Å². The van der Waals surface area contributed by atoms with Crippen LogP contribution in [0, 0.1) is 0 Å². The molecule has 3 aromatic heterocycles. The van der Waals surface area contributed by atoms with Crippen LogP contribution < -0.4 is 0 Å². The highest BCUT2D eigenvalue weighted by Gasteiger charge is 2.08. The molecule has 25 heavy (non-hydrogen) atoms. The van der Waals surface area contributed by atoms with E-state index >= 15 is 0 Å². The van der Waals surface area contributed by atoms with Gasteiger partial charge < -0.3 is 4.98 Å². The first-order valence-corrected chi connectivity index (χ1v) is 8.13. The fourth-order valence-corrected chi connectivity index (χ4v) is 3.15. The van der Waals surface area contributed by atoms with Gasteiger partial charge in [0.2, 0.25) is 0 Å². The molecule has 0 fully saturated rings. The number of nitrogens with one attached hydrogen (secondary N) is 1. The SMILES string of the molecule is C(=Nc1ccc2ncc3c4ccccc4[nH]c3c2c1)c1ccccn1. The molecule has 0 unspecified atom stereocenters. The maximum atomic E-state index is 4.61. The lowest BCUT2D eigenvalue weighted by atomic mass is 10.1. The average molecular weight is 322 g/mol. The van der Waals surface area contributed by atoms with Gasteiger partial charge in [-0.15, -0.1) is 0 Å². The van der Waals surface area contributed by atoms with Gasteiger partial charge >= 0.3 is 0 Å². The number of para-hydroxylation sites is 1. The average Bonchev–Trinajstić information content (AvgIpc) is 3.06. The Morgan fingerprint density at radius 1 is 0.840 bits per heavy atom. The molecule has 0 saturated carbocycles. The van der Waals surface area contributed by atoms with Crippen LogP contribution in [0.4, 0.5) is 5.69 Å². The van der Waals surface area contributed by atoms with Crippen LogP contribution in [-0.2, 0) is 0 Å². The van der Waals surface area contributed by atoms with E-state index in [0.29, 0.717) is 0 Å². The number of hydrogen-bond acceptors (Lipinski definition) is 3. The van der Waals surface area contributed by atoms with Gasteiger partial charge in [0.25, 0.3) is 0 Å². The number of pyridine rings is 2. The minimum atomic E-state index is 0.838. The Morgan fingerprint density at radius 3 is 2.68 bits per heavy atom. The Balaban J connectivity index is 1.69. The van der Waals surface area contributed by atoms with Crippen LogP contribution in [0.25, 0.3) is 32.7 Å². The van der Waals surface area contributed by atoms with Gasteiger partial charge in [-0.1, -0.05) is 24.3 Å². The molecule has 0 aliphatic rings. The molecule has 5 aromatic rings. The predicted octanol–water partition coefficient (Wildman–Crippen LogP) is 5.01. The number of nitrogens with zero attached hydrogens (tertiary/aromatic N) is 3. The van der Waals surface area contributed by atoms with Crippen LogP contribution in [0.3, 0.4) is 0 Å². The minimum Gasteiger partial charge on any atom is -0.354 e. The van der Waals surface area contributed by atoms with Crippen molar-refractivity contribution in [3.8, 4) is 0 Å². The Hall–Kier alpha value is -3.53. The van der Waals surface area contributed by atoms with Gasteiger partial charge in [0, 0.05) is 34.1 Å². The molecule has 0 bridgehead atoms. The zero-order valence-electron chi connectivity index (χ0n) is 13.3. The second kappa shape index (κ2) is 5.53. The van der Waals surface area contributed by atoms with Gasteiger partial charge in [0.1, 0.15) is 0 Å². The number of aromatic amines is 1. The molecule has 118 valence electrons. The lowest BCUT2D eigenvalue weighted by Gasteiger charge is -2.01. The third kappa shape index (κ3) is 2.35.